The second-order valence-corrected chi connectivity index (χ2v) is 4.60. The monoisotopic (exact) mass is 254 g/mol. The highest BCUT2D eigenvalue weighted by molar-refractivity contribution is 6.35. The lowest BCUT2D eigenvalue weighted by atomic mass is 10.2. The number of nitrogens with zero attached hydrogens (tertiary/aromatic N) is 2. The second kappa shape index (κ2) is 4.48. The molecule has 0 aliphatic heterocycles. The van der Waals surface area contributed by atoms with E-state index in [2.05, 4.69) is 5.10 Å². The lowest BCUT2D eigenvalue weighted by Crippen LogP contribution is -2.05. The van der Waals surface area contributed by atoms with Crippen LogP contribution in [0.1, 0.15) is 17.0 Å². The Labute approximate surface area is 105 Å². The summed E-state index contributed by atoms with van der Waals surface area (Å²) in [5.74, 6) is 0. The largest absolute Gasteiger partial charge is 0.265 e. The molecular formula is C12H12Cl2N2. The molecule has 0 saturated heterocycles. The van der Waals surface area contributed by atoms with Crippen LogP contribution in [0.25, 0.3) is 0 Å². The van der Waals surface area contributed by atoms with Gasteiger partial charge in [-0.1, -0.05) is 29.3 Å². The van der Waals surface area contributed by atoms with Gasteiger partial charge in [-0.3, -0.25) is 4.68 Å². The second-order valence-electron chi connectivity index (χ2n) is 3.78. The Balaban J connectivity index is 2.37. The summed E-state index contributed by atoms with van der Waals surface area (Å²) in [6.07, 6.45) is 0. The molecule has 0 spiro atoms. The molecule has 2 nitrogen and oxygen atoms in total. The van der Waals surface area contributed by atoms with E-state index in [0.717, 1.165) is 17.0 Å². The Bertz CT molecular complexity index is 497. The van der Waals surface area contributed by atoms with E-state index in [9.17, 15) is 0 Å². The number of hydrogen-bond acceptors (Lipinski definition) is 1. The molecule has 16 heavy (non-hydrogen) atoms. The summed E-state index contributed by atoms with van der Waals surface area (Å²) >= 11 is 12.2. The van der Waals surface area contributed by atoms with Gasteiger partial charge in [0, 0.05) is 21.3 Å². The Hall–Kier alpha value is -0.990. The summed E-state index contributed by atoms with van der Waals surface area (Å²) in [6.45, 7) is 4.60. The Kier molecular flexibility index (Phi) is 3.22. The summed E-state index contributed by atoms with van der Waals surface area (Å²) in [6, 6.07) is 7.56. The third kappa shape index (κ3) is 2.23. The Morgan fingerprint density at radius 3 is 2.31 bits per heavy atom. The minimum absolute atomic E-state index is 0.609. The number of aryl methyl sites for hydroxylation is 2. The molecule has 0 saturated carbocycles. The molecule has 0 aliphatic carbocycles. The lowest BCUT2D eigenvalue weighted by molar-refractivity contribution is 0.659. The van der Waals surface area contributed by atoms with Crippen molar-refractivity contribution in [2.45, 2.75) is 20.4 Å². The summed E-state index contributed by atoms with van der Waals surface area (Å²) in [4.78, 5) is 0. The van der Waals surface area contributed by atoms with Crippen molar-refractivity contribution in [1.82, 2.24) is 9.78 Å². The first-order valence-electron chi connectivity index (χ1n) is 5.02. The maximum Gasteiger partial charge on any atom is 0.0691 e. The van der Waals surface area contributed by atoms with Crippen LogP contribution in [0.3, 0.4) is 0 Å². The highest BCUT2D eigenvalue weighted by atomic mass is 35.5. The summed E-state index contributed by atoms with van der Waals surface area (Å²) in [5.41, 5.74) is 3.02. The van der Waals surface area contributed by atoms with E-state index in [1.807, 2.05) is 42.8 Å². The molecule has 0 N–H and O–H groups in total. The third-order valence-corrected chi connectivity index (χ3v) is 3.18. The molecule has 2 rings (SSSR count). The molecule has 0 fully saturated rings. The van der Waals surface area contributed by atoms with Crippen molar-refractivity contribution < 1.29 is 0 Å². The zero-order valence-electron chi connectivity index (χ0n) is 9.17. The van der Waals surface area contributed by atoms with Crippen molar-refractivity contribution in [3.8, 4) is 0 Å². The highest BCUT2D eigenvalue weighted by Crippen LogP contribution is 2.25. The molecule has 0 atom stereocenters. The highest BCUT2D eigenvalue weighted by Gasteiger charge is 2.08. The Morgan fingerprint density at radius 2 is 1.81 bits per heavy atom. The molecule has 1 aromatic carbocycles. The first-order chi connectivity index (χ1) is 7.58. The van der Waals surface area contributed by atoms with Crippen molar-refractivity contribution >= 4 is 23.2 Å². The minimum Gasteiger partial charge on any atom is -0.265 e. The van der Waals surface area contributed by atoms with Gasteiger partial charge < -0.3 is 0 Å². The van der Waals surface area contributed by atoms with Crippen molar-refractivity contribution in [3.05, 3.63) is 51.3 Å². The van der Waals surface area contributed by atoms with Crippen molar-refractivity contribution in [1.29, 1.82) is 0 Å². The summed E-state index contributed by atoms with van der Waals surface area (Å²) in [7, 11) is 0. The fourth-order valence-corrected chi connectivity index (χ4v) is 2.19. The zero-order valence-corrected chi connectivity index (χ0v) is 10.7. The van der Waals surface area contributed by atoms with Crippen LogP contribution < -0.4 is 0 Å². The molecule has 0 radical (unpaired) electrons. The molecule has 0 amide bonds. The fraction of sp³-hybridized carbons (Fsp3) is 0.250. The van der Waals surface area contributed by atoms with E-state index in [4.69, 9.17) is 23.2 Å². The van der Waals surface area contributed by atoms with E-state index in [1.165, 1.54) is 0 Å². The van der Waals surface area contributed by atoms with Crippen LogP contribution in [0, 0.1) is 13.8 Å². The molecule has 84 valence electrons. The van der Waals surface area contributed by atoms with Crippen LogP contribution in [0.4, 0.5) is 0 Å². The molecule has 0 bridgehead atoms. The van der Waals surface area contributed by atoms with Gasteiger partial charge in [0.1, 0.15) is 0 Å². The van der Waals surface area contributed by atoms with E-state index in [1.54, 1.807) is 0 Å². The summed E-state index contributed by atoms with van der Waals surface area (Å²) in [5, 5.41) is 5.75. The molecule has 0 aliphatic rings. The van der Waals surface area contributed by atoms with Crippen LogP contribution in [0.5, 0.6) is 0 Å². The van der Waals surface area contributed by atoms with Crippen LogP contribution in [-0.4, -0.2) is 9.78 Å². The van der Waals surface area contributed by atoms with E-state index in [0.29, 0.717) is 16.6 Å². The average Bonchev–Trinajstić information content (AvgIpc) is 2.51. The van der Waals surface area contributed by atoms with E-state index >= 15 is 0 Å². The van der Waals surface area contributed by atoms with Gasteiger partial charge in [-0.05, 0) is 32.0 Å². The molecule has 1 heterocycles. The predicted molar refractivity (Wildman–Crippen MR) is 67.3 cm³/mol. The van der Waals surface area contributed by atoms with Crippen molar-refractivity contribution in [2.75, 3.05) is 0 Å². The lowest BCUT2D eigenvalue weighted by Gasteiger charge is -2.08. The van der Waals surface area contributed by atoms with E-state index < -0.39 is 0 Å². The average molecular weight is 255 g/mol. The van der Waals surface area contributed by atoms with Gasteiger partial charge in [0.2, 0.25) is 0 Å². The van der Waals surface area contributed by atoms with Gasteiger partial charge in [0.15, 0.2) is 0 Å². The number of rotatable bonds is 2. The van der Waals surface area contributed by atoms with Gasteiger partial charge >= 0.3 is 0 Å². The van der Waals surface area contributed by atoms with Crippen molar-refractivity contribution in [2.24, 2.45) is 0 Å². The first kappa shape index (κ1) is 11.5. The quantitative estimate of drug-likeness (QED) is 0.796. The molecular weight excluding hydrogens is 243 g/mol. The normalized spacial score (nSPS) is 10.8. The minimum atomic E-state index is 0.609. The maximum absolute atomic E-state index is 6.11. The fourth-order valence-electron chi connectivity index (χ4n) is 1.67. The number of hydrogen-bond donors (Lipinski definition) is 0. The SMILES string of the molecule is Cc1cc(C)n(Cc2c(Cl)cccc2Cl)n1. The van der Waals surface area contributed by atoms with Crippen LogP contribution >= 0.6 is 23.2 Å². The standard InChI is InChI=1S/C12H12Cl2N2/c1-8-6-9(2)16(15-8)7-10-11(13)4-3-5-12(10)14/h3-6H,7H2,1-2H3. The Morgan fingerprint density at radius 1 is 1.19 bits per heavy atom. The molecule has 2 aromatic rings. The van der Waals surface area contributed by atoms with Gasteiger partial charge in [0.05, 0.1) is 12.2 Å². The predicted octanol–water partition coefficient (Wildman–Crippen LogP) is 3.86. The number of benzene rings is 1. The van der Waals surface area contributed by atoms with Crippen LogP contribution in [-0.2, 0) is 6.54 Å². The van der Waals surface area contributed by atoms with E-state index in [-0.39, 0.29) is 0 Å². The van der Waals surface area contributed by atoms with Crippen molar-refractivity contribution in [3.63, 3.8) is 0 Å². The summed E-state index contributed by atoms with van der Waals surface area (Å²) < 4.78 is 1.91. The van der Waals surface area contributed by atoms with Gasteiger partial charge in [0.25, 0.3) is 0 Å². The molecule has 1 aromatic heterocycles. The topological polar surface area (TPSA) is 17.8 Å². The van der Waals surface area contributed by atoms with Crippen LogP contribution in [0.2, 0.25) is 10.0 Å². The number of halogens is 2. The molecule has 4 heteroatoms. The van der Waals surface area contributed by atoms with Crippen LogP contribution in [0.15, 0.2) is 24.3 Å². The first-order valence-corrected chi connectivity index (χ1v) is 5.77. The smallest absolute Gasteiger partial charge is 0.0691 e. The number of aromatic nitrogens is 2. The van der Waals surface area contributed by atoms with Gasteiger partial charge in [-0.25, -0.2) is 0 Å². The maximum atomic E-state index is 6.11. The third-order valence-electron chi connectivity index (χ3n) is 2.47. The molecule has 0 unspecified atom stereocenters. The zero-order chi connectivity index (χ0) is 11.7. The van der Waals surface area contributed by atoms with Gasteiger partial charge in [-0.15, -0.1) is 0 Å². The van der Waals surface area contributed by atoms with Gasteiger partial charge in [-0.2, -0.15) is 5.10 Å².